The van der Waals surface area contributed by atoms with Crippen molar-refractivity contribution in [3.05, 3.63) is 40.6 Å². The molecular formula is C8H5FN4O4S. The number of halogens is 1. The van der Waals surface area contributed by atoms with Gasteiger partial charge < -0.3 is 0 Å². The number of hydrogen-bond donors (Lipinski definition) is 0. The van der Waals surface area contributed by atoms with Crippen molar-refractivity contribution >= 4 is 15.9 Å². The first kappa shape index (κ1) is 12.1. The molecule has 0 N–H and O–H groups in total. The molecule has 0 saturated carbocycles. The summed E-state index contributed by atoms with van der Waals surface area (Å²) in [7, 11) is -4.91. The summed E-state index contributed by atoms with van der Waals surface area (Å²) in [6.45, 7) is 0. The molecule has 94 valence electrons. The molecule has 1 aromatic heterocycles. The Morgan fingerprint density at radius 2 is 1.89 bits per heavy atom. The SMILES string of the molecule is O=[N+]([O-])c1ccc(-n2cc(S(=O)(=O)F)nn2)cc1. The molecule has 2 rings (SSSR count). The molecule has 0 aliphatic rings. The fourth-order valence-corrected chi connectivity index (χ4v) is 1.57. The van der Waals surface area contributed by atoms with Gasteiger partial charge in [-0.2, -0.15) is 8.42 Å². The molecule has 0 aliphatic carbocycles. The van der Waals surface area contributed by atoms with Crippen molar-refractivity contribution in [1.29, 1.82) is 0 Å². The van der Waals surface area contributed by atoms with E-state index < -0.39 is 20.2 Å². The van der Waals surface area contributed by atoms with Crippen molar-refractivity contribution in [1.82, 2.24) is 15.0 Å². The molecule has 0 amide bonds. The second kappa shape index (κ2) is 4.14. The Balaban J connectivity index is 2.38. The quantitative estimate of drug-likeness (QED) is 0.465. The maximum atomic E-state index is 12.6. The molecule has 0 radical (unpaired) electrons. The summed E-state index contributed by atoms with van der Waals surface area (Å²) in [6.07, 6.45) is 0.872. The average molecular weight is 272 g/mol. The minimum Gasteiger partial charge on any atom is -0.258 e. The van der Waals surface area contributed by atoms with Gasteiger partial charge in [-0.1, -0.05) is 9.10 Å². The minimum absolute atomic E-state index is 0.128. The number of non-ortho nitro benzene ring substituents is 1. The lowest BCUT2D eigenvalue weighted by Crippen LogP contribution is -1.95. The summed E-state index contributed by atoms with van der Waals surface area (Å²) in [5, 5.41) is 16.2. The van der Waals surface area contributed by atoms with E-state index in [9.17, 15) is 22.4 Å². The summed E-state index contributed by atoms with van der Waals surface area (Å²) in [5.41, 5.74) is 0.195. The van der Waals surface area contributed by atoms with Crippen LogP contribution in [0.3, 0.4) is 0 Å². The molecule has 0 aliphatic heterocycles. The predicted octanol–water partition coefficient (Wildman–Crippen LogP) is 0.834. The zero-order valence-corrected chi connectivity index (χ0v) is 9.41. The third-order valence-corrected chi connectivity index (χ3v) is 2.73. The van der Waals surface area contributed by atoms with Gasteiger partial charge in [0.05, 0.1) is 16.8 Å². The van der Waals surface area contributed by atoms with E-state index in [-0.39, 0.29) is 5.69 Å². The number of rotatable bonds is 3. The van der Waals surface area contributed by atoms with Crippen LogP contribution < -0.4 is 0 Å². The molecule has 1 heterocycles. The van der Waals surface area contributed by atoms with Gasteiger partial charge in [-0.15, -0.1) is 5.10 Å². The van der Waals surface area contributed by atoms with Crippen LogP contribution in [0.15, 0.2) is 35.5 Å². The number of nitro groups is 1. The second-order valence-corrected chi connectivity index (χ2v) is 4.51. The highest BCUT2D eigenvalue weighted by molar-refractivity contribution is 7.86. The van der Waals surface area contributed by atoms with Gasteiger partial charge in [-0.05, 0) is 12.1 Å². The molecule has 0 unspecified atom stereocenters. The minimum atomic E-state index is -4.91. The lowest BCUT2D eigenvalue weighted by atomic mass is 10.3. The summed E-state index contributed by atoms with van der Waals surface area (Å²) < 4.78 is 34.7. The lowest BCUT2D eigenvalue weighted by Gasteiger charge is -1.98. The number of hydrogen-bond acceptors (Lipinski definition) is 6. The van der Waals surface area contributed by atoms with E-state index in [0.29, 0.717) is 5.69 Å². The van der Waals surface area contributed by atoms with Crippen molar-refractivity contribution < 1.29 is 17.2 Å². The van der Waals surface area contributed by atoms with Crippen LogP contribution in [0.5, 0.6) is 0 Å². The van der Waals surface area contributed by atoms with E-state index in [1.165, 1.54) is 24.3 Å². The van der Waals surface area contributed by atoms with Crippen LogP contribution in [0.2, 0.25) is 0 Å². The Morgan fingerprint density at radius 3 is 2.33 bits per heavy atom. The number of benzene rings is 1. The first-order valence-corrected chi connectivity index (χ1v) is 5.88. The maximum Gasteiger partial charge on any atom is 0.353 e. The molecule has 18 heavy (non-hydrogen) atoms. The smallest absolute Gasteiger partial charge is 0.258 e. The van der Waals surface area contributed by atoms with E-state index in [0.717, 1.165) is 10.9 Å². The van der Waals surface area contributed by atoms with Crippen molar-refractivity contribution in [2.75, 3.05) is 0 Å². The molecule has 8 nitrogen and oxygen atoms in total. The monoisotopic (exact) mass is 272 g/mol. The van der Waals surface area contributed by atoms with Crippen molar-refractivity contribution in [2.24, 2.45) is 0 Å². The molecule has 0 spiro atoms. The van der Waals surface area contributed by atoms with Gasteiger partial charge in [0, 0.05) is 12.1 Å². The predicted molar refractivity (Wildman–Crippen MR) is 56.3 cm³/mol. The Morgan fingerprint density at radius 1 is 1.28 bits per heavy atom. The topological polar surface area (TPSA) is 108 Å². The van der Waals surface area contributed by atoms with Gasteiger partial charge in [0.25, 0.3) is 5.69 Å². The molecule has 10 heteroatoms. The Kier molecular flexibility index (Phi) is 2.79. The Bertz CT molecular complexity index is 694. The molecule has 0 saturated heterocycles. The molecule has 0 atom stereocenters. The molecular weight excluding hydrogens is 267 g/mol. The first-order chi connectivity index (χ1) is 8.38. The van der Waals surface area contributed by atoms with E-state index in [2.05, 4.69) is 10.3 Å². The zero-order valence-electron chi connectivity index (χ0n) is 8.59. The number of aromatic nitrogens is 3. The lowest BCUT2D eigenvalue weighted by molar-refractivity contribution is -0.384. The summed E-state index contributed by atoms with van der Waals surface area (Å²) in [5.74, 6) is 0. The maximum absolute atomic E-state index is 12.6. The van der Waals surface area contributed by atoms with Crippen LogP contribution in [0.25, 0.3) is 5.69 Å². The number of nitrogens with zero attached hydrogens (tertiary/aromatic N) is 4. The van der Waals surface area contributed by atoms with Gasteiger partial charge in [0.1, 0.15) is 0 Å². The normalized spacial score (nSPS) is 11.4. The Hall–Kier alpha value is -2.36. The third kappa shape index (κ3) is 2.32. The standard InChI is InChI=1S/C8H5FN4O4S/c9-18(16,17)8-5-12(11-10-8)6-1-3-7(4-2-6)13(14)15/h1-5H. The van der Waals surface area contributed by atoms with Gasteiger partial charge in [0.2, 0.25) is 5.03 Å². The number of nitro benzene ring substituents is 1. The fourth-order valence-electron chi connectivity index (χ4n) is 1.21. The third-order valence-electron chi connectivity index (χ3n) is 2.05. The molecule has 0 bridgehead atoms. The van der Waals surface area contributed by atoms with Crippen molar-refractivity contribution in [3.8, 4) is 5.69 Å². The van der Waals surface area contributed by atoms with Crippen molar-refractivity contribution in [3.63, 3.8) is 0 Å². The van der Waals surface area contributed by atoms with Crippen LogP contribution in [-0.4, -0.2) is 28.3 Å². The summed E-state index contributed by atoms with van der Waals surface area (Å²) in [6, 6.07) is 5.09. The second-order valence-electron chi connectivity index (χ2n) is 3.21. The highest BCUT2D eigenvalue weighted by Crippen LogP contribution is 2.16. The van der Waals surface area contributed by atoms with Gasteiger partial charge in [-0.25, -0.2) is 4.68 Å². The average Bonchev–Trinajstić information content (AvgIpc) is 2.78. The van der Waals surface area contributed by atoms with Crippen LogP contribution in [-0.2, 0) is 10.2 Å². The van der Waals surface area contributed by atoms with E-state index in [1.54, 1.807) is 0 Å². The van der Waals surface area contributed by atoms with E-state index in [4.69, 9.17) is 0 Å². The highest BCUT2D eigenvalue weighted by atomic mass is 32.3. The van der Waals surface area contributed by atoms with Crippen LogP contribution >= 0.6 is 0 Å². The molecule has 0 fully saturated rings. The van der Waals surface area contributed by atoms with Crippen LogP contribution in [0, 0.1) is 10.1 Å². The summed E-state index contributed by atoms with van der Waals surface area (Å²) in [4.78, 5) is 9.85. The van der Waals surface area contributed by atoms with Crippen LogP contribution in [0.1, 0.15) is 0 Å². The van der Waals surface area contributed by atoms with Crippen LogP contribution in [0.4, 0.5) is 9.57 Å². The van der Waals surface area contributed by atoms with Crippen molar-refractivity contribution in [2.45, 2.75) is 5.03 Å². The fraction of sp³-hybridized carbons (Fsp3) is 0. The first-order valence-electron chi connectivity index (χ1n) is 4.50. The molecule has 1 aromatic carbocycles. The van der Waals surface area contributed by atoms with E-state index in [1.807, 2.05) is 0 Å². The molecule has 2 aromatic rings. The summed E-state index contributed by atoms with van der Waals surface area (Å²) >= 11 is 0. The Labute approximate surface area is 100 Å². The van der Waals surface area contributed by atoms with Gasteiger partial charge >= 0.3 is 10.2 Å². The zero-order chi connectivity index (χ0) is 13.3. The van der Waals surface area contributed by atoms with Gasteiger partial charge in [-0.3, -0.25) is 10.1 Å². The largest absolute Gasteiger partial charge is 0.353 e. The van der Waals surface area contributed by atoms with Gasteiger partial charge in [0.15, 0.2) is 0 Å². The highest BCUT2D eigenvalue weighted by Gasteiger charge is 2.17. The van der Waals surface area contributed by atoms with E-state index >= 15 is 0 Å².